The molecule has 0 fully saturated rings. The first-order chi connectivity index (χ1) is 8.84. The number of aromatic nitrogens is 5. The van der Waals surface area contributed by atoms with Gasteiger partial charge in [0.15, 0.2) is 5.82 Å². The molecule has 3 aromatic heterocycles. The van der Waals surface area contributed by atoms with E-state index in [2.05, 4.69) is 20.1 Å². The number of nitrogen functional groups attached to an aromatic ring is 1. The molecule has 0 radical (unpaired) electrons. The molecule has 18 heavy (non-hydrogen) atoms. The van der Waals surface area contributed by atoms with Crippen LogP contribution < -0.4 is 5.73 Å². The maximum atomic E-state index is 5.67. The van der Waals surface area contributed by atoms with E-state index in [0.717, 1.165) is 11.3 Å². The molecule has 0 aliphatic carbocycles. The highest BCUT2D eigenvalue weighted by Gasteiger charge is 2.09. The number of nitrogens with two attached hydrogens (primary N) is 1. The maximum Gasteiger partial charge on any atom is 0.162 e. The van der Waals surface area contributed by atoms with Gasteiger partial charge in [0.25, 0.3) is 0 Å². The van der Waals surface area contributed by atoms with Gasteiger partial charge in [0.05, 0.1) is 5.69 Å². The smallest absolute Gasteiger partial charge is 0.162 e. The minimum absolute atomic E-state index is 0.426. The summed E-state index contributed by atoms with van der Waals surface area (Å²) in [6.45, 7) is 0. The van der Waals surface area contributed by atoms with Crippen molar-refractivity contribution in [2.24, 2.45) is 0 Å². The molecule has 6 nitrogen and oxygen atoms in total. The number of hydrogen-bond donors (Lipinski definition) is 1. The predicted molar refractivity (Wildman–Crippen MR) is 66.8 cm³/mol. The van der Waals surface area contributed by atoms with Crippen LogP contribution in [0.5, 0.6) is 0 Å². The van der Waals surface area contributed by atoms with E-state index in [9.17, 15) is 0 Å². The standard InChI is InChI=1S/C12H10N6/c13-11-7-10(15-8-16-11)9-3-1-4-14-12(9)18-6-2-5-17-18/h1-8H,(H2,13,15,16). The van der Waals surface area contributed by atoms with Gasteiger partial charge in [-0.05, 0) is 18.2 Å². The third kappa shape index (κ3) is 1.80. The summed E-state index contributed by atoms with van der Waals surface area (Å²) in [6.07, 6.45) is 6.68. The van der Waals surface area contributed by atoms with Gasteiger partial charge in [-0.2, -0.15) is 5.10 Å². The normalized spacial score (nSPS) is 10.4. The van der Waals surface area contributed by atoms with E-state index < -0.39 is 0 Å². The molecule has 0 aliphatic heterocycles. The van der Waals surface area contributed by atoms with Crippen LogP contribution in [0.25, 0.3) is 17.1 Å². The van der Waals surface area contributed by atoms with Crippen LogP contribution in [0.4, 0.5) is 5.82 Å². The molecule has 0 amide bonds. The van der Waals surface area contributed by atoms with E-state index in [1.165, 1.54) is 6.33 Å². The Morgan fingerprint density at radius 3 is 2.78 bits per heavy atom. The summed E-state index contributed by atoms with van der Waals surface area (Å²) < 4.78 is 1.69. The molecule has 0 bridgehead atoms. The lowest BCUT2D eigenvalue weighted by atomic mass is 10.2. The summed E-state index contributed by atoms with van der Waals surface area (Å²) in [5.41, 5.74) is 7.25. The Morgan fingerprint density at radius 1 is 1.06 bits per heavy atom. The minimum atomic E-state index is 0.426. The van der Waals surface area contributed by atoms with E-state index in [4.69, 9.17) is 5.73 Å². The number of anilines is 1. The molecule has 3 aromatic rings. The van der Waals surface area contributed by atoms with Crippen LogP contribution in [0, 0.1) is 0 Å². The summed E-state index contributed by atoms with van der Waals surface area (Å²) in [4.78, 5) is 12.4. The molecular weight excluding hydrogens is 228 g/mol. The lowest BCUT2D eigenvalue weighted by Gasteiger charge is -2.07. The summed E-state index contributed by atoms with van der Waals surface area (Å²) >= 11 is 0. The average Bonchev–Trinajstić information content (AvgIpc) is 2.92. The average molecular weight is 238 g/mol. The molecule has 0 saturated carbocycles. The highest BCUT2D eigenvalue weighted by atomic mass is 15.3. The highest BCUT2D eigenvalue weighted by Crippen LogP contribution is 2.22. The van der Waals surface area contributed by atoms with Gasteiger partial charge in [-0.3, -0.25) is 0 Å². The van der Waals surface area contributed by atoms with Crippen molar-refractivity contribution in [3.05, 3.63) is 49.2 Å². The van der Waals surface area contributed by atoms with Crippen LogP contribution >= 0.6 is 0 Å². The van der Waals surface area contributed by atoms with Crippen molar-refractivity contribution in [2.45, 2.75) is 0 Å². The predicted octanol–water partition coefficient (Wildman–Crippen LogP) is 1.31. The molecule has 2 N–H and O–H groups in total. The lowest BCUT2D eigenvalue weighted by Crippen LogP contribution is -2.02. The van der Waals surface area contributed by atoms with Crippen LogP contribution in [0.1, 0.15) is 0 Å². The van der Waals surface area contributed by atoms with Crippen LogP contribution in [0.3, 0.4) is 0 Å². The molecule has 0 unspecified atom stereocenters. The van der Waals surface area contributed by atoms with Crippen LogP contribution in [-0.2, 0) is 0 Å². The summed E-state index contributed by atoms with van der Waals surface area (Å²) in [7, 11) is 0. The van der Waals surface area contributed by atoms with Crippen molar-refractivity contribution >= 4 is 5.82 Å². The third-order valence-corrected chi connectivity index (χ3v) is 2.47. The monoisotopic (exact) mass is 238 g/mol. The molecule has 0 aromatic carbocycles. The van der Waals surface area contributed by atoms with Gasteiger partial charge in [-0.15, -0.1) is 0 Å². The zero-order valence-corrected chi connectivity index (χ0v) is 9.43. The Kier molecular flexibility index (Phi) is 2.45. The number of nitrogens with zero attached hydrogens (tertiary/aromatic N) is 5. The largest absolute Gasteiger partial charge is 0.384 e. The summed E-state index contributed by atoms with van der Waals surface area (Å²) in [6, 6.07) is 7.32. The zero-order valence-electron chi connectivity index (χ0n) is 9.43. The van der Waals surface area contributed by atoms with Crippen molar-refractivity contribution < 1.29 is 0 Å². The van der Waals surface area contributed by atoms with E-state index in [-0.39, 0.29) is 0 Å². The fourth-order valence-corrected chi connectivity index (χ4v) is 1.69. The van der Waals surface area contributed by atoms with Crippen molar-refractivity contribution in [3.63, 3.8) is 0 Å². The Hall–Kier alpha value is -2.76. The van der Waals surface area contributed by atoms with Gasteiger partial charge < -0.3 is 5.73 Å². The first-order valence-corrected chi connectivity index (χ1v) is 5.37. The summed E-state index contributed by atoms with van der Waals surface area (Å²) in [5, 5.41) is 4.17. The zero-order chi connectivity index (χ0) is 12.4. The van der Waals surface area contributed by atoms with Crippen molar-refractivity contribution in [1.82, 2.24) is 24.7 Å². The van der Waals surface area contributed by atoms with Crippen LogP contribution in [0.15, 0.2) is 49.2 Å². The number of rotatable bonds is 2. The molecule has 0 saturated heterocycles. The molecule has 0 spiro atoms. The number of pyridine rings is 1. The van der Waals surface area contributed by atoms with Gasteiger partial charge in [0.1, 0.15) is 12.1 Å². The fraction of sp³-hybridized carbons (Fsp3) is 0. The van der Waals surface area contributed by atoms with Gasteiger partial charge in [0, 0.05) is 30.2 Å². The highest BCUT2D eigenvalue weighted by molar-refractivity contribution is 5.68. The van der Waals surface area contributed by atoms with Gasteiger partial charge in [0.2, 0.25) is 0 Å². The third-order valence-electron chi connectivity index (χ3n) is 2.47. The van der Waals surface area contributed by atoms with Gasteiger partial charge >= 0.3 is 0 Å². The molecule has 0 aliphatic rings. The van der Waals surface area contributed by atoms with E-state index in [0.29, 0.717) is 11.6 Å². The topological polar surface area (TPSA) is 82.5 Å². The first kappa shape index (κ1) is 10.4. The molecule has 88 valence electrons. The fourth-order valence-electron chi connectivity index (χ4n) is 1.69. The van der Waals surface area contributed by atoms with E-state index >= 15 is 0 Å². The Morgan fingerprint density at radius 2 is 2.00 bits per heavy atom. The van der Waals surface area contributed by atoms with Gasteiger partial charge in [-0.1, -0.05) is 0 Å². The lowest BCUT2D eigenvalue weighted by molar-refractivity contribution is 0.848. The second kappa shape index (κ2) is 4.25. The molecular formula is C12H10N6. The van der Waals surface area contributed by atoms with Crippen LogP contribution in [0.2, 0.25) is 0 Å². The van der Waals surface area contributed by atoms with Crippen molar-refractivity contribution in [2.75, 3.05) is 5.73 Å². The molecule has 0 atom stereocenters. The maximum absolute atomic E-state index is 5.67. The van der Waals surface area contributed by atoms with Crippen molar-refractivity contribution in [3.8, 4) is 17.1 Å². The minimum Gasteiger partial charge on any atom is -0.384 e. The van der Waals surface area contributed by atoms with Crippen molar-refractivity contribution in [1.29, 1.82) is 0 Å². The quantitative estimate of drug-likeness (QED) is 0.727. The number of hydrogen-bond acceptors (Lipinski definition) is 5. The second-order valence-electron chi connectivity index (χ2n) is 3.65. The van der Waals surface area contributed by atoms with Gasteiger partial charge in [-0.25, -0.2) is 19.6 Å². The SMILES string of the molecule is Nc1cc(-c2cccnc2-n2cccn2)ncn1. The summed E-state index contributed by atoms with van der Waals surface area (Å²) in [5.74, 6) is 1.14. The first-order valence-electron chi connectivity index (χ1n) is 5.37. The van der Waals surface area contributed by atoms with E-state index in [1.807, 2.05) is 24.4 Å². The molecule has 3 heterocycles. The second-order valence-corrected chi connectivity index (χ2v) is 3.65. The van der Waals surface area contributed by atoms with Crippen LogP contribution in [-0.4, -0.2) is 24.7 Å². The Balaban J connectivity index is 2.18. The molecule has 6 heteroatoms. The Bertz CT molecular complexity index is 662. The Labute approximate surface area is 103 Å². The van der Waals surface area contributed by atoms with E-state index in [1.54, 1.807) is 23.1 Å². The molecule has 3 rings (SSSR count).